The molecule has 0 aliphatic carbocycles. The molecule has 0 heterocycles. The fourth-order valence-electron chi connectivity index (χ4n) is 2.08. The van der Waals surface area contributed by atoms with Gasteiger partial charge in [-0.2, -0.15) is 0 Å². The van der Waals surface area contributed by atoms with E-state index >= 15 is 0 Å². The monoisotopic (exact) mass is 408 g/mol. The van der Waals surface area contributed by atoms with Gasteiger partial charge in [-0.15, -0.1) is 0 Å². The van der Waals surface area contributed by atoms with Crippen molar-refractivity contribution >= 4 is 27.8 Å². The molecule has 0 aromatic heterocycles. The number of benzene rings is 2. The molecule has 2 aromatic rings. The third-order valence-electron chi connectivity index (χ3n) is 3.38. The normalized spacial score (nSPS) is 10.8. The van der Waals surface area contributed by atoms with Crippen molar-refractivity contribution in [2.45, 2.75) is 11.8 Å². The molecule has 0 aliphatic rings. The second kappa shape index (κ2) is 9.72. The molecule has 0 radical (unpaired) electrons. The quantitative estimate of drug-likeness (QED) is 0.505. The molecule has 0 fully saturated rings. The standard InChI is InChI=1S/C18H20N2O7S/c1-2-25-18(22)20-14-5-3-13(4-6-14)17(21)27-12-11-26-15-7-9-16(10-8-15)28(19,23)24/h3-10H,2,11-12H2,1H3,(H,20,22)(H2,19,23,24). The highest BCUT2D eigenvalue weighted by molar-refractivity contribution is 7.89. The summed E-state index contributed by atoms with van der Waals surface area (Å²) in [6.07, 6.45) is -0.577. The molecule has 0 unspecified atom stereocenters. The molecule has 0 aliphatic heterocycles. The summed E-state index contributed by atoms with van der Waals surface area (Å²) in [4.78, 5) is 23.3. The van der Waals surface area contributed by atoms with Crippen LogP contribution < -0.4 is 15.2 Å². The maximum absolute atomic E-state index is 12.0. The number of carbonyl (C=O) groups is 2. The Bertz CT molecular complexity index is 910. The topological polar surface area (TPSA) is 134 Å². The summed E-state index contributed by atoms with van der Waals surface area (Å²) in [6, 6.07) is 11.7. The minimum atomic E-state index is -3.75. The van der Waals surface area contributed by atoms with E-state index in [4.69, 9.17) is 19.3 Å². The molecule has 0 saturated heterocycles. The van der Waals surface area contributed by atoms with Gasteiger partial charge in [-0.3, -0.25) is 5.32 Å². The molecule has 2 aromatic carbocycles. The van der Waals surface area contributed by atoms with Gasteiger partial charge in [0.15, 0.2) is 0 Å². The van der Waals surface area contributed by atoms with Gasteiger partial charge in [0.1, 0.15) is 19.0 Å². The number of ether oxygens (including phenoxy) is 3. The average molecular weight is 408 g/mol. The number of primary sulfonamides is 1. The molecule has 1 amide bonds. The van der Waals surface area contributed by atoms with Gasteiger partial charge >= 0.3 is 12.1 Å². The van der Waals surface area contributed by atoms with Crippen LogP contribution in [-0.2, 0) is 19.5 Å². The summed E-state index contributed by atoms with van der Waals surface area (Å²) < 4.78 is 37.6. The summed E-state index contributed by atoms with van der Waals surface area (Å²) in [5.41, 5.74) is 0.799. The SMILES string of the molecule is CCOC(=O)Nc1ccc(C(=O)OCCOc2ccc(S(N)(=O)=O)cc2)cc1. The Morgan fingerprint density at radius 1 is 0.964 bits per heavy atom. The molecular weight excluding hydrogens is 388 g/mol. The number of anilines is 1. The zero-order valence-corrected chi connectivity index (χ0v) is 15.9. The van der Waals surface area contributed by atoms with E-state index in [0.717, 1.165) is 0 Å². The van der Waals surface area contributed by atoms with Crippen molar-refractivity contribution in [2.75, 3.05) is 25.1 Å². The lowest BCUT2D eigenvalue weighted by Gasteiger charge is -2.09. The van der Waals surface area contributed by atoms with Gasteiger partial charge in [-0.1, -0.05) is 0 Å². The highest BCUT2D eigenvalue weighted by Crippen LogP contribution is 2.15. The minimum Gasteiger partial charge on any atom is -0.490 e. The number of hydrogen-bond acceptors (Lipinski definition) is 7. The molecule has 150 valence electrons. The molecule has 0 saturated carbocycles. The molecule has 9 nitrogen and oxygen atoms in total. The summed E-state index contributed by atoms with van der Waals surface area (Å²) >= 11 is 0. The summed E-state index contributed by atoms with van der Waals surface area (Å²) in [5, 5.41) is 7.52. The van der Waals surface area contributed by atoms with Crippen LogP contribution in [0.25, 0.3) is 0 Å². The van der Waals surface area contributed by atoms with Gasteiger partial charge in [-0.25, -0.2) is 23.1 Å². The van der Waals surface area contributed by atoms with Gasteiger partial charge in [0.25, 0.3) is 0 Å². The van der Waals surface area contributed by atoms with Gasteiger partial charge in [0, 0.05) is 5.69 Å². The number of carbonyl (C=O) groups excluding carboxylic acids is 2. The van der Waals surface area contributed by atoms with E-state index in [1.54, 1.807) is 19.1 Å². The number of amides is 1. The first-order valence-corrected chi connectivity index (χ1v) is 9.81. The molecule has 2 rings (SSSR count). The molecule has 0 bridgehead atoms. The number of nitrogens with one attached hydrogen (secondary N) is 1. The average Bonchev–Trinajstić information content (AvgIpc) is 2.65. The van der Waals surface area contributed by atoms with Crippen LogP contribution in [0.3, 0.4) is 0 Å². The summed E-state index contributed by atoms with van der Waals surface area (Å²) in [5.74, 6) is -0.131. The Morgan fingerprint density at radius 2 is 1.61 bits per heavy atom. The van der Waals surface area contributed by atoms with Crippen LogP contribution in [0.4, 0.5) is 10.5 Å². The second-order valence-corrected chi connectivity index (χ2v) is 6.99. The maximum atomic E-state index is 12.0. The van der Waals surface area contributed by atoms with Crippen molar-refractivity contribution in [1.29, 1.82) is 0 Å². The van der Waals surface area contributed by atoms with Crippen molar-refractivity contribution in [3.8, 4) is 5.75 Å². The third kappa shape index (κ3) is 6.56. The lowest BCUT2D eigenvalue weighted by molar-refractivity contribution is 0.0450. The van der Waals surface area contributed by atoms with Gasteiger partial charge in [-0.05, 0) is 55.5 Å². The summed E-state index contributed by atoms with van der Waals surface area (Å²) in [7, 11) is -3.75. The minimum absolute atomic E-state index is 0.00139. The van der Waals surface area contributed by atoms with Crippen LogP contribution in [0.15, 0.2) is 53.4 Å². The fraction of sp³-hybridized carbons (Fsp3) is 0.222. The van der Waals surface area contributed by atoms with Crippen molar-refractivity contribution in [1.82, 2.24) is 0 Å². The van der Waals surface area contributed by atoms with E-state index in [1.165, 1.54) is 36.4 Å². The predicted octanol–water partition coefficient (Wildman–Crippen LogP) is 2.14. The number of sulfonamides is 1. The zero-order valence-electron chi connectivity index (χ0n) is 15.1. The summed E-state index contributed by atoms with van der Waals surface area (Å²) in [6.45, 7) is 2.04. The molecular formula is C18H20N2O7S. The van der Waals surface area contributed by atoms with Crippen LogP contribution in [0, 0.1) is 0 Å². The first-order chi connectivity index (χ1) is 13.3. The van der Waals surface area contributed by atoms with E-state index in [-0.39, 0.29) is 24.7 Å². The number of esters is 1. The Labute approximate surface area is 162 Å². The van der Waals surface area contributed by atoms with Crippen LogP contribution in [-0.4, -0.2) is 40.3 Å². The predicted molar refractivity (Wildman–Crippen MR) is 101 cm³/mol. The molecule has 3 N–H and O–H groups in total. The highest BCUT2D eigenvalue weighted by atomic mass is 32.2. The first-order valence-electron chi connectivity index (χ1n) is 8.26. The van der Waals surface area contributed by atoms with Gasteiger partial charge in [0.2, 0.25) is 10.0 Å². The highest BCUT2D eigenvalue weighted by Gasteiger charge is 2.09. The van der Waals surface area contributed by atoms with E-state index in [2.05, 4.69) is 5.32 Å². The lowest BCUT2D eigenvalue weighted by atomic mass is 10.2. The van der Waals surface area contributed by atoms with Crippen LogP contribution >= 0.6 is 0 Å². The van der Waals surface area contributed by atoms with Crippen LogP contribution in [0.1, 0.15) is 17.3 Å². The number of rotatable bonds is 8. The van der Waals surface area contributed by atoms with Crippen LogP contribution in [0.2, 0.25) is 0 Å². The van der Waals surface area contributed by atoms with E-state index in [0.29, 0.717) is 17.0 Å². The smallest absolute Gasteiger partial charge is 0.411 e. The van der Waals surface area contributed by atoms with Crippen LogP contribution in [0.5, 0.6) is 5.75 Å². The largest absolute Gasteiger partial charge is 0.490 e. The molecule has 28 heavy (non-hydrogen) atoms. The lowest BCUT2D eigenvalue weighted by Crippen LogP contribution is -2.14. The first kappa shape index (κ1) is 21.2. The Morgan fingerprint density at radius 3 is 2.18 bits per heavy atom. The zero-order chi connectivity index (χ0) is 20.6. The van der Waals surface area contributed by atoms with Crippen molar-refractivity contribution < 1.29 is 32.2 Å². The second-order valence-electron chi connectivity index (χ2n) is 5.42. The Hall–Kier alpha value is -3.11. The fourth-order valence-corrected chi connectivity index (χ4v) is 2.59. The Kier molecular flexibility index (Phi) is 7.36. The Balaban J connectivity index is 1.77. The van der Waals surface area contributed by atoms with E-state index in [9.17, 15) is 18.0 Å². The number of hydrogen-bond donors (Lipinski definition) is 2. The number of nitrogens with two attached hydrogens (primary N) is 1. The van der Waals surface area contributed by atoms with Crippen molar-refractivity contribution in [3.63, 3.8) is 0 Å². The van der Waals surface area contributed by atoms with Gasteiger partial charge in [0.05, 0.1) is 17.1 Å². The molecule has 10 heteroatoms. The van der Waals surface area contributed by atoms with E-state index < -0.39 is 22.1 Å². The third-order valence-corrected chi connectivity index (χ3v) is 4.31. The van der Waals surface area contributed by atoms with Gasteiger partial charge < -0.3 is 14.2 Å². The van der Waals surface area contributed by atoms with Crippen molar-refractivity contribution in [3.05, 3.63) is 54.1 Å². The maximum Gasteiger partial charge on any atom is 0.411 e. The molecule has 0 spiro atoms. The van der Waals surface area contributed by atoms with E-state index in [1.807, 2.05) is 0 Å². The molecule has 0 atom stereocenters. The van der Waals surface area contributed by atoms with Crippen molar-refractivity contribution in [2.24, 2.45) is 5.14 Å².